The Kier molecular flexibility index (Phi) is 6.21. The molecule has 0 spiro atoms. The molecule has 0 aromatic heterocycles. The third-order valence-electron chi connectivity index (χ3n) is 3.62. The fraction of sp³-hybridized carbons (Fsp3) is 0.300. The second kappa shape index (κ2) is 8.41. The molecule has 0 atom stereocenters. The van der Waals surface area contributed by atoms with Gasteiger partial charge in [-0.3, -0.25) is 4.39 Å². The summed E-state index contributed by atoms with van der Waals surface area (Å²) in [6, 6.07) is 17.4. The maximum atomic E-state index is 11.9. The first-order valence-corrected chi connectivity index (χ1v) is 7.66. The molecule has 0 heterocycles. The Morgan fingerprint density at radius 3 is 2.00 bits per heavy atom. The molecule has 0 saturated carbocycles. The number of unbranched alkanes of at least 4 members (excludes halogenated alkanes) is 1. The molecule has 0 saturated heterocycles. The van der Waals surface area contributed by atoms with Crippen LogP contribution in [0.5, 0.6) is 0 Å². The van der Waals surface area contributed by atoms with Crippen LogP contribution in [-0.4, -0.2) is 6.67 Å². The monoisotopic (exact) mass is 282 g/mol. The van der Waals surface area contributed by atoms with Gasteiger partial charge in [0.25, 0.3) is 0 Å². The zero-order valence-electron chi connectivity index (χ0n) is 12.7. The number of rotatable bonds is 7. The fourth-order valence-corrected chi connectivity index (χ4v) is 2.33. The third-order valence-corrected chi connectivity index (χ3v) is 3.62. The highest BCUT2D eigenvalue weighted by Crippen LogP contribution is 2.20. The molecule has 1 heteroatoms. The molecule has 110 valence electrons. The van der Waals surface area contributed by atoms with Crippen molar-refractivity contribution in [1.82, 2.24) is 0 Å². The Labute approximate surface area is 127 Å². The van der Waals surface area contributed by atoms with Crippen molar-refractivity contribution in [1.29, 1.82) is 0 Å². The number of benzene rings is 2. The second-order valence-corrected chi connectivity index (χ2v) is 5.40. The van der Waals surface area contributed by atoms with Crippen molar-refractivity contribution in [3.05, 3.63) is 71.8 Å². The van der Waals surface area contributed by atoms with E-state index in [0.29, 0.717) is 6.42 Å². The minimum absolute atomic E-state index is 0.253. The van der Waals surface area contributed by atoms with Crippen LogP contribution in [0.3, 0.4) is 0 Å². The predicted octanol–water partition coefficient (Wildman–Crippen LogP) is 5.90. The third kappa shape index (κ3) is 5.18. The first kappa shape index (κ1) is 15.5. The van der Waals surface area contributed by atoms with E-state index in [2.05, 4.69) is 61.5 Å². The Balaban J connectivity index is 1.86. The summed E-state index contributed by atoms with van der Waals surface area (Å²) in [5.41, 5.74) is 5.18. The normalized spacial score (nSPS) is 11.1. The van der Waals surface area contributed by atoms with Gasteiger partial charge in [-0.2, -0.15) is 0 Å². The molecule has 0 aliphatic heterocycles. The smallest absolute Gasteiger partial charge is 0.0928 e. The standard InChI is InChI=1S/C20H23F/c1-17-8-12-19(13-9-17)20-14-10-18(11-15-20)7-5-3-2-4-6-16-21/h2,4,8-15H,3,5-7,16H2,1H3/b4-2+. The quantitative estimate of drug-likeness (QED) is 0.438. The van der Waals surface area contributed by atoms with Crippen LogP contribution in [-0.2, 0) is 6.42 Å². The molecule has 0 aliphatic carbocycles. The van der Waals surface area contributed by atoms with E-state index in [4.69, 9.17) is 0 Å². The maximum absolute atomic E-state index is 11.9. The van der Waals surface area contributed by atoms with Gasteiger partial charge in [-0.05, 0) is 49.3 Å². The summed E-state index contributed by atoms with van der Waals surface area (Å²) in [7, 11) is 0. The molecular formula is C20H23F. The Morgan fingerprint density at radius 1 is 0.810 bits per heavy atom. The van der Waals surface area contributed by atoms with Crippen molar-refractivity contribution in [2.75, 3.05) is 6.67 Å². The van der Waals surface area contributed by atoms with Gasteiger partial charge in [-0.1, -0.05) is 66.2 Å². The van der Waals surface area contributed by atoms with Gasteiger partial charge in [-0.15, -0.1) is 0 Å². The van der Waals surface area contributed by atoms with Crippen molar-refractivity contribution in [3.63, 3.8) is 0 Å². The number of hydrogen-bond donors (Lipinski definition) is 0. The van der Waals surface area contributed by atoms with E-state index in [1.807, 2.05) is 6.08 Å². The number of allylic oxidation sites excluding steroid dienone is 2. The number of aryl methyl sites for hydroxylation is 2. The van der Waals surface area contributed by atoms with Crippen LogP contribution < -0.4 is 0 Å². The first-order chi connectivity index (χ1) is 10.3. The summed E-state index contributed by atoms with van der Waals surface area (Å²) in [5.74, 6) is 0. The molecule has 0 aliphatic rings. The highest BCUT2D eigenvalue weighted by molar-refractivity contribution is 5.63. The van der Waals surface area contributed by atoms with Gasteiger partial charge in [0.15, 0.2) is 0 Å². The van der Waals surface area contributed by atoms with Crippen molar-refractivity contribution in [2.24, 2.45) is 0 Å². The molecular weight excluding hydrogens is 259 g/mol. The minimum Gasteiger partial charge on any atom is -0.251 e. The maximum Gasteiger partial charge on any atom is 0.0928 e. The van der Waals surface area contributed by atoms with Gasteiger partial charge in [0.05, 0.1) is 6.67 Å². The van der Waals surface area contributed by atoms with Crippen LogP contribution >= 0.6 is 0 Å². The second-order valence-electron chi connectivity index (χ2n) is 5.40. The molecule has 2 aromatic rings. The molecule has 0 fully saturated rings. The number of alkyl halides is 1. The van der Waals surface area contributed by atoms with E-state index >= 15 is 0 Å². The summed E-state index contributed by atoms with van der Waals surface area (Å²) in [6.07, 6.45) is 7.78. The molecule has 0 bridgehead atoms. The summed E-state index contributed by atoms with van der Waals surface area (Å²) in [6.45, 7) is 1.85. The average Bonchev–Trinajstić information content (AvgIpc) is 2.52. The molecule has 0 nitrogen and oxygen atoms in total. The van der Waals surface area contributed by atoms with Crippen molar-refractivity contribution >= 4 is 0 Å². The zero-order chi connectivity index (χ0) is 14.9. The van der Waals surface area contributed by atoms with Crippen molar-refractivity contribution in [3.8, 4) is 11.1 Å². The van der Waals surface area contributed by atoms with Crippen molar-refractivity contribution < 1.29 is 4.39 Å². The van der Waals surface area contributed by atoms with Crippen LogP contribution in [0.25, 0.3) is 11.1 Å². The topological polar surface area (TPSA) is 0 Å². The van der Waals surface area contributed by atoms with Gasteiger partial charge in [0, 0.05) is 0 Å². The van der Waals surface area contributed by atoms with Crippen LogP contribution in [0.1, 0.15) is 30.4 Å². The predicted molar refractivity (Wildman–Crippen MR) is 89.3 cm³/mol. The molecule has 0 N–H and O–H groups in total. The Bertz CT molecular complexity index is 549. The van der Waals surface area contributed by atoms with Crippen LogP contribution in [0, 0.1) is 6.92 Å². The lowest BCUT2D eigenvalue weighted by atomic mass is 10.0. The lowest BCUT2D eigenvalue weighted by Gasteiger charge is -2.05. The first-order valence-electron chi connectivity index (χ1n) is 7.66. The van der Waals surface area contributed by atoms with E-state index in [1.165, 1.54) is 22.3 Å². The number of hydrogen-bond acceptors (Lipinski definition) is 0. The average molecular weight is 282 g/mol. The van der Waals surface area contributed by atoms with E-state index in [0.717, 1.165) is 19.3 Å². The van der Waals surface area contributed by atoms with E-state index in [9.17, 15) is 4.39 Å². The molecule has 0 amide bonds. The Morgan fingerprint density at radius 2 is 1.38 bits per heavy atom. The van der Waals surface area contributed by atoms with Gasteiger partial charge in [0.2, 0.25) is 0 Å². The summed E-state index contributed by atoms with van der Waals surface area (Å²) in [4.78, 5) is 0. The van der Waals surface area contributed by atoms with Crippen molar-refractivity contribution in [2.45, 2.75) is 32.6 Å². The molecule has 2 rings (SSSR count). The van der Waals surface area contributed by atoms with Gasteiger partial charge < -0.3 is 0 Å². The van der Waals surface area contributed by atoms with E-state index in [-0.39, 0.29) is 6.67 Å². The summed E-state index contributed by atoms with van der Waals surface area (Å²) >= 11 is 0. The van der Waals surface area contributed by atoms with E-state index in [1.54, 1.807) is 0 Å². The number of halogens is 1. The Hall–Kier alpha value is -1.89. The SMILES string of the molecule is Cc1ccc(-c2ccc(CCC/C=C/CCF)cc2)cc1. The lowest BCUT2D eigenvalue weighted by molar-refractivity contribution is 0.500. The summed E-state index contributed by atoms with van der Waals surface area (Å²) < 4.78 is 11.9. The molecule has 0 unspecified atom stereocenters. The van der Waals surface area contributed by atoms with Crippen LogP contribution in [0.2, 0.25) is 0 Å². The van der Waals surface area contributed by atoms with Gasteiger partial charge in [-0.25, -0.2) is 0 Å². The molecule has 21 heavy (non-hydrogen) atoms. The largest absolute Gasteiger partial charge is 0.251 e. The van der Waals surface area contributed by atoms with Gasteiger partial charge >= 0.3 is 0 Å². The molecule has 0 radical (unpaired) electrons. The lowest BCUT2D eigenvalue weighted by Crippen LogP contribution is -1.85. The highest BCUT2D eigenvalue weighted by atomic mass is 19.1. The van der Waals surface area contributed by atoms with Crippen LogP contribution in [0.15, 0.2) is 60.7 Å². The zero-order valence-corrected chi connectivity index (χ0v) is 12.7. The van der Waals surface area contributed by atoms with E-state index < -0.39 is 0 Å². The molecule has 2 aromatic carbocycles. The highest BCUT2D eigenvalue weighted by Gasteiger charge is 1.98. The van der Waals surface area contributed by atoms with Crippen LogP contribution in [0.4, 0.5) is 4.39 Å². The summed E-state index contributed by atoms with van der Waals surface area (Å²) in [5, 5.41) is 0. The van der Waals surface area contributed by atoms with Gasteiger partial charge in [0.1, 0.15) is 0 Å². The fourth-order valence-electron chi connectivity index (χ4n) is 2.33. The minimum atomic E-state index is -0.253.